The molecular formula is C33H37BrN6O5. The summed E-state index contributed by atoms with van der Waals surface area (Å²) in [6.45, 7) is 0.567. The zero-order valence-electron chi connectivity index (χ0n) is 24.8. The van der Waals surface area contributed by atoms with Gasteiger partial charge >= 0.3 is 0 Å². The fourth-order valence-electron chi connectivity index (χ4n) is 5.73. The van der Waals surface area contributed by atoms with E-state index >= 15 is 0 Å². The molecule has 1 fully saturated rings. The van der Waals surface area contributed by atoms with E-state index in [1.165, 1.54) is 0 Å². The van der Waals surface area contributed by atoms with Crippen molar-refractivity contribution in [1.29, 1.82) is 0 Å². The summed E-state index contributed by atoms with van der Waals surface area (Å²) < 4.78 is 13.1. The van der Waals surface area contributed by atoms with Gasteiger partial charge in [0.05, 0.1) is 19.3 Å². The van der Waals surface area contributed by atoms with E-state index in [2.05, 4.69) is 36.8 Å². The van der Waals surface area contributed by atoms with Gasteiger partial charge in [-0.25, -0.2) is 10.4 Å². The Kier molecular flexibility index (Phi) is 11.1. The summed E-state index contributed by atoms with van der Waals surface area (Å²) in [5.41, 5.74) is 16.8. The topological polar surface area (TPSA) is 161 Å². The van der Waals surface area contributed by atoms with E-state index in [9.17, 15) is 9.90 Å². The van der Waals surface area contributed by atoms with Crippen LogP contribution in [0.3, 0.4) is 0 Å². The second-order valence-electron chi connectivity index (χ2n) is 11.2. The van der Waals surface area contributed by atoms with Crippen LogP contribution in [0.2, 0.25) is 0 Å². The van der Waals surface area contributed by atoms with E-state index in [0.29, 0.717) is 43.1 Å². The Bertz CT molecular complexity index is 1540. The molecule has 1 aliphatic heterocycles. The summed E-state index contributed by atoms with van der Waals surface area (Å²) >= 11 is 3.67. The average Bonchev–Trinajstić information content (AvgIpc) is 3.44. The molecule has 12 heteroatoms. The number of hydrogen-bond acceptors (Lipinski definition) is 8. The largest absolute Gasteiger partial charge is 0.494 e. The first-order valence-corrected chi connectivity index (χ1v) is 15.9. The molecule has 11 nitrogen and oxygen atoms in total. The van der Waals surface area contributed by atoms with E-state index in [1.54, 1.807) is 12.1 Å². The average molecular weight is 678 g/mol. The maximum atomic E-state index is 14.5. The number of aliphatic hydroxyl groups excluding tert-OH is 2. The number of hydrogen-bond donors (Lipinski definition) is 4. The Labute approximate surface area is 270 Å². The van der Waals surface area contributed by atoms with E-state index in [1.807, 2.05) is 60.7 Å². The minimum atomic E-state index is -1.46. The van der Waals surface area contributed by atoms with E-state index < -0.39 is 11.6 Å². The summed E-state index contributed by atoms with van der Waals surface area (Å²) in [5.74, 6) is 0.582. The van der Waals surface area contributed by atoms with E-state index in [-0.39, 0.29) is 37.6 Å². The van der Waals surface area contributed by atoms with Crippen LogP contribution in [0.5, 0.6) is 5.75 Å². The number of rotatable bonds is 13. The van der Waals surface area contributed by atoms with Crippen molar-refractivity contribution in [2.45, 2.75) is 68.9 Å². The summed E-state index contributed by atoms with van der Waals surface area (Å²) in [7, 11) is 0. The van der Waals surface area contributed by atoms with Crippen LogP contribution in [0.4, 0.5) is 0 Å². The third kappa shape index (κ3) is 7.84. The van der Waals surface area contributed by atoms with Gasteiger partial charge in [-0.3, -0.25) is 10.2 Å². The molecule has 4 N–H and O–H groups in total. The maximum absolute atomic E-state index is 14.5. The third-order valence-corrected chi connectivity index (χ3v) is 8.91. The summed E-state index contributed by atoms with van der Waals surface area (Å²) in [5, 5.41) is 22.8. The maximum Gasteiger partial charge on any atom is 0.266 e. The van der Waals surface area contributed by atoms with Crippen molar-refractivity contribution in [1.82, 2.24) is 10.9 Å². The Morgan fingerprint density at radius 1 is 1.07 bits per heavy atom. The van der Waals surface area contributed by atoms with Crippen molar-refractivity contribution in [3.8, 4) is 5.75 Å². The fourth-order valence-corrected chi connectivity index (χ4v) is 6.22. The van der Waals surface area contributed by atoms with Crippen molar-refractivity contribution in [2.24, 2.45) is 10.1 Å². The van der Waals surface area contributed by atoms with Gasteiger partial charge in [0, 0.05) is 46.0 Å². The summed E-state index contributed by atoms with van der Waals surface area (Å²) in [4.78, 5) is 22.6. The molecule has 3 aromatic rings. The van der Waals surface area contributed by atoms with Gasteiger partial charge in [-0.15, -0.1) is 0 Å². The van der Waals surface area contributed by atoms with E-state index in [4.69, 9.17) is 25.1 Å². The summed E-state index contributed by atoms with van der Waals surface area (Å²) in [6, 6.07) is 22.4. The number of nitrogens with one attached hydrogen (secondary N) is 2. The Hall–Kier alpha value is -3.93. The van der Waals surface area contributed by atoms with Gasteiger partial charge in [0.15, 0.2) is 11.6 Å². The van der Waals surface area contributed by atoms with Crippen LogP contribution in [0.1, 0.15) is 60.5 Å². The molecule has 2 atom stereocenters. The van der Waals surface area contributed by atoms with Crippen LogP contribution >= 0.6 is 15.9 Å². The number of ether oxygens (including phenoxy) is 2. The Balaban J connectivity index is 1.56. The number of carbonyl (C=O) groups excluding carboxylic acids is 1. The fraction of sp³-hybridized carbons (Fsp3) is 0.394. The van der Waals surface area contributed by atoms with Crippen molar-refractivity contribution < 1.29 is 24.5 Å². The minimum Gasteiger partial charge on any atom is -0.494 e. The number of azide groups is 1. The predicted molar refractivity (Wildman–Crippen MR) is 173 cm³/mol. The predicted octanol–water partition coefficient (Wildman–Crippen LogP) is 5.44. The molecule has 0 saturated heterocycles. The van der Waals surface area contributed by atoms with Crippen molar-refractivity contribution in [3.05, 3.63) is 110 Å². The molecule has 0 unspecified atom stereocenters. The molecule has 3 aromatic carbocycles. The van der Waals surface area contributed by atoms with Gasteiger partial charge in [0.2, 0.25) is 5.90 Å². The lowest BCUT2D eigenvalue weighted by atomic mass is 9.81. The van der Waals surface area contributed by atoms with Crippen LogP contribution < -0.4 is 15.6 Å². The van der Waals surface area contributed by atoms with E-state index in [0.717, 1.165) is 34.0 Å². The third-order valence-electron chi connectivity index (χ3n) is 8.19. The zero-order valence-corrected chi connectivity index (χ0v) is 26.4. The minimum absolute atomic E-state index is 0.0118. The molecule has 1 saturated carbocycles. The lowest BCUT2D eigenvalue weighted by Gasteiger charge is -2.33. The molecule has 1 heterocycles. The molecule has 5 rings (SSSR count). The van der Waals surface area contributed by atoms with Crippen LogP contribution in [-0.2, 0) is 22.5 Å². The lowest BCUT2D eigenvalue weighted by Crippen LogP contribution is -2.56. The molecule has 1 amide bonds. The standard InChI is InChI=1S/C33H37BrN6O5/c34-29-9-4-3-8-28(29)30-33(20-23-6-1-2-7-24(23)21-36-40-35,32(43)39-38-25-12-14-26(42)15-13-25)37-31(45-30)22-10-16-27(17-11-22)44-19-5-18-41/h1-4,6-11,16-17,25-26,30,38,41-42H,5,12-15,18-21H2,(H,39,43)/t25?,26?,30-,33-/m0/s1. The first-order chi connectivity index (χ1) is 21.9. The van der Waals surface area contributed by atoms with Gasteiger partial charge in [0.1, 0.15) is 5.75 Å². The number of aliphatic hydroxyl groups is 2. The molecule has 45 heavy (non-hydrogen) atoms. The first-order valence-electron chi connectivity index (χ1n) is 15.1. The van der Waals surface area contributed by atoms with Crippen LogP contribution in [0, 0.1) is 0 Å². The molecule has 0 spiro atoms. The molecule has 2 aliphatic rings. The number of hydrazine groups is 1. The number of halogens is 1. The number of carbonyl (C=O) groups is 1. The molecule has 0 radical (unpaired) electrons. The number of amides is 1. The summed E-state index contributed by atoms with van der Waals surface area (Å²) in [6.07, 6.45) is 2.35. The van der Waals surface area contributed by atoms with Crippen molar-refractivity contribution >= 4 is 27.7 Å². The van der Waals surface area contributed by atoms with Gasteiger partial charge in [0.25, 0.3) is 5.91 Å². The molecular weight excluding hydrogens is 640 g/mol. The number of aliphatic imine (C=N–C) groups is 1. The molecule has 1 aliphatic carbocycles. The van der Waals surface area contributed by atoms with Gasteiger partial charge < -0.3 is 19.7 Å². The van der Waals surface area contributed by atoms with Gasteiger partial charge in [-0.2, -0.15) is 0 Å². The molecule has 236 valence electrons. The second-order valence-corrected chi connectivity index (χ2v) is 12.1. The van der Waals surface area contributed by atoms with Crippen LogP contribution in [0.15, 0.2) is 87.4 Å². The normalized spacial score (nSPS) is 22.6. The number of nitrogens with zero attached hydrogens (tertiary/aromatic N) is 4. The highest BCUT2D eigenvalue weighted by atomic mass is 79.9. The second kappa shape index (κ2) is 15.4. The van der Waals surface area contributed by atoms with Crippen molar-refractivity contribution in [3.63, 3.8) is 0 Å². The highest BCUT2D eigenvalue weighted by Gasteiger charge is 2.54. The smallest absolute Gasteiger partial charge is 0.266 e. The van der Waals surface area contributed by atoms with Gasteiger partial charge in [-0.1, -0.05) is 63.5 Å². The first kappa shape index (κ1) is 32.5. The van der Waals surface area contributed by atoms with Crippen molar-refractivity contribution in [2.75, 3.05) is 13.2 Å². The zero-order chi connectivity index (χ0) is 31.6. The Morgan fingerprint density at radius 3 is 2.49 bits per heavy atom. The molecule has 0 bridgehead atoms. The highest BCUT2D eigenvalue weighted by molar-refractivity contribution is 9.10. The van der Waals surface area contributed by atoms with Crippen LogP contribution in [-0.4, -0.2) is 52.9 Å². The SMILES string of the molecule is [N-]=[N+]=NCc1ccccc1C[C@]1(C(=O)NNC2CCC(O)CC2)N=C(c2ccc(OCCCO)cc2)O[C@H]1c1ccccc1Br. The number of benzene rings is 3. The van der Waals surface area contributed by atoms with Crippen LogP contribution in [0.25, 0.3) is 10.4 Å². The van der Waals surface area contributed by atoms with Gasteiger partial charge in [-0.05, 0) is 72.7 Å². The quantitative estimate of drug-likeness (QED) is 0.0619. The lowest BCUT2D eigenvalue weighted by molar-refractivity contribution is -0.130. The molecule has 0 aromatic heterocycles. The monoisotopic (exact) mass is 676 g/mol. The Morgan fingerprint density at radius 2 is 1.78 bits per heavy atom. The highest BCUT2D eigenvalue weighted by Crippen LogP contribution is 2.45.